The topological polar surface area (TPSA) is 58.2 Å². The number of fused-ring (bicyclic) bond motifs is 1. The van der Waals surface area contributed by atoms with Crippen LogP contribution in [0.25, 0.3) is 11.0 Å². The molecule has 1 aliphatic heterocycles. The molecule has 0 aliphatic carbocycles. The second-order valence-electron chi connectivity index (χ2n) is 4.90. The minimum Gasteiger partial charge on any atom is -0.413 e. The summed E-state index contributed by atoms with van der Waals surface area (Å²) in [6.45, 7) is 4.54. The molecule has 2 aromatic rings. The first-order valence-corrected chi connectivity index (χ1v) is 7.47. The number of H-pyrrole nitrogens is 1. The van der Waals surface area contributed by atoms with E-state index in [0.717, 1.165) is 36.5 Å². The number of rotatable bonds is 3. The van der Waals surface area contributed by atoms with E-state index >= 15 is 0 Å². The second-order valence-corrected chi connectivity index (χ2v) is 5.74. The van der Waals surface area contributed by atoms with Crippen molar-refractivity contribution in [2.45, 2.75) is 32.7 Å². The molecule has 6 heteroatoms. The summed E-state index contributed by atoms with van der Waals surface area (Å²) < 4.78 is 5.15. The number of carbonyl (C=O) groups excluding carboxylic acids is 1. The summed E-state index contributed by atoms with van der Waals surface area (Å²) in [5, 5.41) is 2.53. The number of piperidine rings is 1. The number of imidazole rings is 1. The Balaban J connectivity index is 1.77. The largest absolute Gasteiger partial charge is 0.413 e. The highest BCUT2D eigenvalue weighted by atomic mass is 32.1. The summed E-state index contributed by atoms with van der Waals surface area (Å²) in [6, 6.07) is 0. The lowest BCUT2D eigenvalue weighted by molar-refractivity contribution is -0.131. The summed E-state index contributed by atoms with van der Waals surface area (Å²) in [6.07, 6.45) is 3.88. The molecule has 102 valence electrons. The molecule has 2 aromatic heterocycles. The molecule has 19 heavy (non-hydrogen) atoms. The fraction of sp³-hybridized carbons (Fsp3) is 0.538. The minimum atomic E-state index is -0.302. The van der Waals surface area contributed by atoms with E-state index in [-0.39, 0.29) is 5.97 Å². The Morgan fingerprint density at radius 3 is 3.00 bits per heavy atom. The number of aromatic amines is 1. The fourth-order valence-corrected chi connectivity index (χ4v) is 3.28. The zero-order chi connectivity index (χ0) is 13.2. The van der Waals surface area contributed by atoms with Crippen LogP contribution in [0, 0.1) is 0 Å². The van der Waals surface area contributed by atoms with Crippen molar-refractivity contribution in [1.82, 2.24) is 14.9 Å². The van der Waals surface area contributed by atoms with Crippen LogP contribution >= 0.6 is 11.3 Å². The molecule has 1 fully saturated rings. The van der Waals surface area contributed by atoms with Gasteiger partial charge in [-0.05, 0) is 25.9 Å². The molecule has 5 nitrogen and oxygen atoms in total. The summed E-state index contributed by atoms with van der Waals surface area (Å²) in [4.78, 5) is 21.3. The number of aromatic nitrogens is 2. The Bertz CT molecular complexity index is 584. The maximum atomic E-state index is 11.0. The van der Waals surface area contributed by atoms with Crippen molar-refractivity contribution in [2.24, 2.45) is 0 Å². The van der Waals surface area contributed by atoms with Crippen LogP contribution in [0.2, 0.25) is 0 Å². The smallest absolute Gasteiger partial charge is 0.308 e. The van der Waals surface area contributed by atoms with Crippen molar-refractivity contribution in [3.63, 3.8) is 0 Å². The van der Waals surface area contributed by atoms with Crippen molar-refractivity contribution in [3.05, 3.63) is 11.2 Å². The van der Waals surface area contributed by atoms with E-state index in [1.54, 1.807) is 0 Å². The monoisotopic (exact) mass is 279 g/mol. The lowest BCUT2D eigenvalue weighted by atomic mass is 10.1. The lowest BCUT2D eigenvalue weighted by Crippen LogP contribution is -2.29. The van der Waals surface area contributed by atoms with E-state index in [2.05, 4.69) is 14.9 Å². The molecular formula is C13H17N3O2S. The molecule has 1 saturated heterocycles. The van der Waals surface area contributed by atoms with E-state index in [4.69, 9.17) is 4.74 Å². The number of hydrogen-bond donors (Lipinski definition) is 1. The first kappa shape index (κ1) is 12.6. The van der Waals surface area contributed by atoms with Crippen LogP contribution in [0.5, 0.6) is 5.06 Å². The predicted octanol–water partition coefficient (Wildman–Crippen LogP) is 2.54. The van der Waals surface area contributed by atoms with Crippen LogP contribution in [-0.2, 0) is 11.3 Å². The van der Waals surface area contributed by atoms with Gasteiger partial charge in [0.25, 0.3) is 0 Å². The summed E-state index contributed by atoms with van der Waals surface area (Å²) >= 11 is 1.40. The number of nitrogens with zero attached hydrogens (tertiary/aromatic N) is 2. The number of carbonyl (C=O) groups is 1. The van der Waals surface area contributed by atoms with Gasteiger partial charge in [0.2, 0.25) is 5.06 Å². The lowest BCUT2D eigenvalue weighted by Gasteiger charge is -2.25. The Hall–Kier alpha value is -1.40. The molecule has 0 unspecified atom stereocenters. The van der Waals surface area contributed by atoms with Gasteiger partial charge in [0.1, 0.15) is 11.3 Å². The van der Waals surface area contributed by atoms with Gasteiger partial charge in [-0.3, -0.25) is 9.69 Å². The average molecular weight is 279 g/mol. The standard InChI is InChI=1S/C13H17N3O2S/c1-9(17)18-13-12-10(8-19-13)14-11(15-12)7-16-5-3-2-4-6-16/h8H,2-7H2,1H3,(H,14,15). The van der Waals surface area contributed by atoms with Crippen LogP contribution in [0.1, 0.15) is 32.0 Å². The van der Waals surface area contributed by atoms with E-state index in [0.29, 0.717) is 5.06 Å². The Kier molecular flexibility index (Phi) is 3.52. The van der Waals surface area contributed by atoms with Gasteiger partial charge in [0, 0.05) is 12.3 Å². The van der Waals surface area contributed by atoms with Crippen molar-refractivity contribution in [2.75, 3.05) is 13.1 Å². The molecule has 3 rings (SSSR count). The normalized spacial score (nSPS) is 16.9. The van der Waals surface area contributed by atoms with Crippen LogP contribution < -0.4 is 4.74 Å². The zero-order valence-corrected chi connectivity index (χ0v) is 11.8. The third kappa shape index (κ3) is 2.79. The number of likely N-dealkylation sites (tertiary alicyclic amines) is 1. The minimum absolute atomic E-state index is 0.302. The number of ether oxygens (including phenoxy) is 1. The van der Waals surface area contributed by atoms with Gasteiger partial charge in [-0.1, -0.05) is 6.42 Å². The molecule has 0 radical (unpaired) electrons. The molecule has 0 aromatic carbocycles. The Morgan fingerprint density at radius 2 is 2.26 bits per heavy atom. The molecule has 0 amide bonds. The van der Waals surface area contributed by atoms with Gasteiger partial charge < -0.3 is 9.72 Å². The van der Waals surface area contributed by atoms with E-state index in [1.165, 1.54) is 37.5 Å². The third-order valence-electron chi connectivity index (χ3n) is 3.32. The van der Waals surface area contributed by atoms with Crippen LogP contribution in [-0.4, -0.2) is 33.9 Å². The van der Waals surface area contributed by atoms with Gasteiger partial charge >= 0.3 is 5.97 Å². The quantitative estimate of drug-likeness (QED) is 0.877. The molecule has 3 heterocycles. The van der Waals surface area contributed by atoms with Gasteiger partial charge in [-0.15, -0.1) is 11.3 Å². The van der Waals surface area contributed by atoms with Gasteiger partial charge in [-0.2, -0.15) is 0 Å². The maximum Gasteiger partial charge on any atom is 0.308 e. The van der Waals surface area contributed by atoms with E-state index < -0.39 is 0 Å². The van der Waals surface area contributed by atoms with Crippen molar-refractivity contribution in [1.29, 1.82) is 0 Å². The van der Waals surface area contributed by atoms with Gasteiger partial charge in [0.15, 0.2) is 0 Å². The van der Waals surface area contributed by atoms with Crippen molar-refractivity contribution < 1.29 is 9.53 Å². The number of thiophene rings is 1. The van der Waals surface area contributed by atoms with Crippen molar-refractivity contribution >= 4 is 28.3 Å². The molecule has 0 spiro atoms. The Morgan fingerprint density at radius 1 is 1.47 bits per heavy atom. The SMILES string of the molecule is CC(=O)Oc1scc2[nH]c(CN3CCCCC3)nc12. The molecule has 0 saturated carbocycles. The van der Waals surface area contributed by atoms with Crippen LogP contribution in [0.3, 0.4) is 0 Å². The first-order chi connectivity index (χ1) is 9.22. The van der Waals surface area contributed by atoms with E-state index in [9.17, 15) is 4.79 Å². The number of esters is 1. The molecule has 1 N–H and O–H groups in total. The van der Waals surface area contributed by atoms with E-state index in [1.807, 2.05) is 5.38 Å². The average Bonchev–Trinajstić information content (AvgIpc) is 2.92. The summed E-state index contributed by atoms with van der Waals surface area (Å²) in [5.74, 6) is 0.650. The molecule has 0 bridgehead atoms. The first-order valence-electron chi connectivity index (χ1n) is 6.59. The number of hydrogen-bond acceptors (Lipinski definition) is 5. The summed E-state index contributed by atoms with van der Waals surface area (Å²) in [7, 11) is 0. The highest BCUT2D eigenvalue weighted by Crippen LogP contribution is 2.31. The van der Waals surface area contributed by atoms with Crippen molar-refractivity contribution in [3.8, 4) is 5.06 Å². The highest BCUT2D eigenvalue weighted by molar-refractivity contribution is 7.13. The zero-order valence-electron chi connectivity index (χ0n) is 10.9. The van der Waals surface area contributed by atoms with Crippen LogP contribution in [0.4, 0.5) is 0 Å². The highest BCUT2D eigenvalue weighted by Gasteiger charge is 2.16. The fourth-order valence-electron chi connectivity index (χ4n) is 2.45. The Labute approximate surface area is 115 Å². The predicted molar refractivity (Wildman–Crippen MR) is 74.4 cm³/mol. The van der Waals surface area contributed by atoms with Gasteiger partial charge in [-0.25, -0.2) is 4.98 Å². The number of nitrogens with one attached hydrogen (secondary N) is 1. The maximum absolute atomic E-state index is 11.0. The van der Waals surface area contributed by atoms with Crippen LogP contribution in [0.15, 0.2) is 5.38 Å². The second kappa shape index (κ2) is 5.30. The third-order valence-corrected chi connectivity index (χ3v) is 4.16. The summed E-state index contributed by atoms with van der Waals surface area (Å²) in [5.41, 5.74) is 1.72. The molecule has 0 atom stereocenters. The van der Waals surface area contributed by atoms with Gasteiger partial charge in [0.05, 0.1) is 12.1 Å². The molecule has 1 aliphatic rings. The molecular weight excluding hydrogens is 262 g/mol.